The molecule has 0 saturated carbocycles. The number of fused-ring (bicyclic) bond motifs is 2. The molecule has 0 fully saturated rings. The third kappa shape index (κ3) is 5.99. The summed E-state index contributed by atoms with van der Waals surface area (Å²) in [6.07, 6.45) is 4.82. The van der Waals surface area contributed by atoms with Crippen LogP contribution in [0.15, 0.2) is 53.3 Å². The first kappa shape index (κ1) is 30.2. The van der Waals surface area contributed by atoms with E-state index in [-0.39, 0.29) is 17.7 Å². The first-order chi connectivity index (χ1) is 20.7. The van der Waals surface area contributed by atoms with Crippen LogP contribution in [-0.4, -0.2) is 35.6 Å². The van der Waals surface area contributed by atoms with E-state index in [1.54, 1.807) is 19.1 Å². The highest BCUT2D eigenvalue weighted by Crippen LogP contribution is 2.38. The van der Waals surface area contributed by atoms with E-state index in [2.05, 4.69) is 5.32 Å². The average Bonchev–Trinajstić information content (AvgIpc) is 3.32. The average molecular weight is 601 g/mol. The highest BCUT2D eigenvalue weighted by Gasteiger charge is 2.31. The number of carbonyl (C=O) groups is 3. The fourth-order valence-electron chi connectivity index (χ4n) is 5.74. The molecule has 1 aliphatic carbocycles. The number of benzene rings is 2. The lowest BCUT2D eigenvalue weighted by Crippen LogP contribution is -2.34. The predicted octanol–water partition coefficient (Wildman–Crippen LogP) is 6.60. The van der Waals surface area contributed by atoms with Crippen molar-refractivity contribution in [2.24, 2.45) is 7.05 Å². The number of hydrogen-bond acceptors (Lipinski definition) is 7. The van der Waals surface area contributed by atoms with Gasteiger partial charge in [0.2, 0.25) is 0 Å². The summed E-state index contributed by atoms with van der Waals surface area (Å²) in [5, 5.41) is 4.39. The van der Waals surface area contributed by atoms with Crippen LogP contribution >= 0.6 is 11.3 Å². The van der Waals surface area contributed by atoms with Crippen LogP contribution in [0.4, 0.5) is 5.00 Å². The third-order valence-corrected chi connectivity index (χ3v) is 9.25. The third-order valence-electron chi connectivity index (χ3n) is 8.05. The fourth-order valence-corrected chi connectivity index (χ4v) is 7.02. The Morgan fingerprint density at radius 2 is 1.63 bits per heavy atom. The van der Waals surface area contributed by atoms with Crippen molar-refractivity contribution in [3.63, 3.8) is 0 Å². The maximum Gasteiger partial charge on any atom is 0.356 e. The molecule has 4 aromatic rings. The van der Waals surface area contributed by atoms with Gasteiger partial charge in [0.1, 0.15) is 10.7 Å². The molecule has 1 unspecified atom stereocenters. The Morgan fingerprint density at radius 1 is 0.953 bits per heavy atom. The maximum atomic E-state index is 13.9. The molecule has 1 N–H and O–H groups in total. The smallest absolute Gasteiger partial charge is 0.356 e. The van der Waals surface area contributed by atoms with Crippen molar-refractivity contribution in [2.75, 3.05) is 12.4 Å². The Bertz CT molecular complexity index is 1750. The number of amides is 1. The van der Waals surface area contributed by atoms with Gasteiger partial charge in [-0.15, -0.1) is 11.3 Å². The van der Waals surface area contributed by atoms with Crippen molar-refractivity contribution < 1.29 is 23.9 Å². The molecule has 2 aromatic carbocycles. The highest BCUT2D eigenvalue weighted by atomic mass is 32.1. The molecule has 224 valence electrons. The second-order valence-electron chi connectivity index (χ2n) is 10.9. The Hall–Kier alpha value is -4.24. The Balaban J connectivity index is 1.50. The molecule has 1 amide bonds. The van der Waals surface area contributed by atoms with Crippen LogP contribution in [0.1, 0.15) is 75.9 Å². The van der Waals surface area contributed by atoms with Gasteiger partial charge < -0.3 is 19.4 Å². The van der Waals surface area contributed by atoms with Crippen LogP contribution in [0, 0.1) is 6.92 Å². The van der Waals surface area contributed by atoms with Crippen LogP contribution in [0.5, 0.6) is 0 Å². The first-order valence-electron chi connectivity index (χ1n) is 14.7. The Labute approximate surface area is 254 Å². The number of nitrogens with zero attached hydrogens (tertiary/aromatic N) is 1. The highest BCUT2D eigenvalue weighted by molar-refractivity contribution is 7.17. The number of esters is 2. The van der Waals surface area contributed by atoms with E-state index in [1.807, 2.05) is 43.3 Å². The number of nitrogens with one attached hydrogen (secondary N) is 1. The monoisotopic (exact) mass is 600 g/mol. The van der Waals surface area contributed by atoms with Crippen molar-refractivity contribution in [1.29, 1.82) is 0 Å². The topological polar surface area (TPSA) is 104 Å². The molecule has 0 bridgehead atoms. The predicted molar refractivity (Wildman–Crippen MR) is 169 cm³/mol. The molecular formula is C34H36N2O6S. The second kappa shape index (κ2) is 13.0. The van der Waals surface area contributed by atoms with Gasteiger partial charge >= 0.3 is 11.9 Å². The molecule has 0 spiro atoms. The molecule has 9 heteroatoms. The number of aryl methyl sites for hydroxylation is 2. The molecule has 43 heavy (non-hydrogen) atoms. The summed E-state index contributed by atoms with van der Waals surface area (Å²) in [6, 6.07) is 14.8. The number of ether oxygens (including phenoxy) is 2. The molecule has 1 aliphatic rings. The zero-order valence-corrected chi connectivity index (χ0v) is 25.8. The number of anilines is 1. The summed E-state index contributed by atoms with van der Waals surface area (Å²) >= 11 is 1.39. The summed E-state index contributed by atoms with van der Waals surface area (Å²) < 4.78 is 12.2. The lowest BCUT2D eigenvalue weighted by molar-refractivity contribution is -0.124. The van der Waals surface area contributed by atoms with Gasteiger partial charge in [0, 0.05) is 22.9 Å². The molecule has 0 saturated heterocycles. The standard InChI is InChI=1S/C34H36N2O6S/c1-5-25(30(37)35-31-28(33(39)41-4)24-14-8-6-7-9-15-26(24)43-31)42-34(40)29-27(21-18-16-20(2)17-19-21)22-12-10-11-13-23(22)32(38)36(29)3/h10-13,16-19,25H,5-9,14-15H2,1-4H3,(H,35,37). The molecule has 0 aliphatic heterocycles. The van der Waals surface area contributed by atoms with E-state index in [9.17, 15) is 19.2 Å². The van der Waals surface area contributed by atoms with E-state index in [4.69, 9.17) is 9.47 Å². The van der Waals surface area contributed by atoms with Crippen molar-refractivity contribution in [1.82, 2.24) is 4.57 Å². The van der Waals surface area contributed by atoms with E-state index in [0.29, 0.717) is 26.9 Å². The molecule has 2 heterocycles. The van der Waals surface area contributed by atoms with Gasteiger partial charge in [-0.3, -0.25) is 9.59 Å². The van der Waals surface area contributed by atoms with Crippen LogP contribution in [0.2, 0.25) is 0 Å². The lowest BCUT2D eigenvalue weighted by atomic mass is 9.96. The van der Waals surface area contributed by atoms with Crippen molar-refractivity contribution in [2.45, 2.75) is 64.9 Å². The van der Waals surface area contributed by atoms with Crippen molar-refractivity contribution in [3.05, 3.63) is 86.1 Å². The van der Waals surface area contributed by atoms with Crippen LogP contribution < -0.4 is 10.9 Å². The summed E-state index contributed by atoms with van der Waals surface area (Å²) in [7, 11) is 2.87. The fraction of sp³-hybridized carbons (Fsp3) is 0.353. The summed E-state index contributed by atoms with van der Waals surface area (Å²) in [6.45, 7) is 3.72. The summed E-state index contributed by atoms with van der Waals surface area (Å²) in [5.74, 6) is -1.82. The number of pyridine rings is 1. The summed E-state index contributed by atoms with van der Waals surface area (Å²) in [4.78, 5) is 54.7. The zero-order valence-electron chi connectivity index (χ0n) is 25.0. The zero-order chi connectivity index (χ0) is 30.7. The molecule has 1 atom stereocenters. The van der Waals surface area contributed by atoms with Crippen molar-refractivity contribution >= 4 is 45.0 Å². The van der Waals surface area contributed by atoms with E-state index in [0.717, 1.165) is 60.1 Å². The van der Waals surface area contributed by atoms with Gasteiger partial charge in [-0.2, -0.15) is 0 Å². The molecular weight excluding hydrogens is 564 g/mol. The van der Waals surface area contributed by atoms with E-state index < -0.39 is 23.9 Å². The molecule has 2 aromatic heterocycles. The minimum absolute atomic E-state index is 0.0631. The lowest BCUT2D eigenvalue weighted by Gasteiger charge is -2.20. The second-order valence-corrected chi connectivity index (χ2v) is 12.0. The number of aromatic nitrogens is 1. The minimum Gasteiger partial charge on any atom is -0.465 e. The van der Waals surface area contributed by atoms with Crippen molar-refractivity contribution in [3.8, 4) is 11.1 Å². The minimum atomic E-state index is -1.16. The molecule has 0 radical (unpaired) electrons. The van der Waals surface area contributed by atoms with E-state index in [1.165, 1.54) is 30.1 Å². The van der Waals surface area contributed by atoms with Gasteiger partial charge in [0.25, 0.3) is 11.5 Å². The van der Waals surface area contributed by atoms with Crippen LogP contribution in [0.3, 0.4) is 0 Å². The number of carbonyl (C=O) groups excluding carboxylic acids is 3. The van der Waals surface area contributed by atoms with Gasteiger partial charge in [-0.1, -0.05) is 67.8 Å². The summed E-state index contributed by atoms with van der Waals surface area (Å²) in [5.41, 5.74) is 3.41. The number of methoxy groups -OCH3 is 1. The van der Waals surface area contributed by atoms with Gasteiger partial charge in [0.15, 0.2) is 6.10 Å². The van der Waals surface area contributed by atoms with Gasteiger partial charge in [0.05, 0.1) is 12.7 Å². The molecule has 5 rings (SSSR count). The first-order valence-corrected chi connectivity index (χ1v) is 15.5. The maximum absolute atomic E-state index is 13.9. The molecule has 8 nitrogen and oxygen atoms in total. The van der Waals surface area contributed by atoms with E-state index >= 15 is 0 Å². The van der Waals surface area contributed by atoms with Crippen LogP contribution in [-0.2, 0) is 34.2 Å². The number of thiophene rings is 1. The normalized spacial score (nSPS) is 13.9. The van der Waals surface area contributed by atoms with Crippen LogP contribution in [0.25, 0.3) is 21.9 Å². The number of rotatable bonds is 7. The number of hydrogen-bond donors (Lipinski definition) is 1. The van der Waals surface area contributed by atoms with Gasteiger partial charge in [-0.25, -0.2) is 9.59 Å². The quantitative estimate of drug-likeness (QED) is 0.240. The SMILES string of the molecule is CCC(OC(=O)c1c(-c2ccc(C)cc2)c2ccccc2c(=O)n1C)C(=O)Nc1sc2c(c1C(=O)OC)CCCCCC2. The Kier molecular flexibility index (Phi) is 9.11. The van der Waals surface area contributed by atoms with Gasteiger partial charge in [-0.05, 0) is 61.6 Å². The largest absolute Gasteiger partial charge is 0.465 e. The Morgan fingerprint density at radius 3 is 2.30 bits per heavy atom.